The predicted octanol–water partition coefficient (Wildman–Crippen LogP) is 2.71. The van der Waals surface area contributed by atoms with Crippen LogP contribution in [0.2, 0.25) is 0 Å². The van der Waals surface area contributed by atoms with Gasteiger partial charge in [0, 0.05) is 26.7 Å². The lowest BCUT2D eigenvalue weighted by Crippen LogP contribution is -2.37. The number of benzene rings is 1. The molecule has 0 radical (unpaired) electrons. The Balaban J connectivity index is 1.58. The highest BCUT2D eigenvalue weighted by Crippen LogP contribution is 2.14. The molecule has 3 nitrogen and oxygen atoms in total. The quantitative estimate of drug-likeness (QED) is 0.740. The van der Waals surface area contributed by atoms with Crippen LogP contribution in [0.3, 0.4) is 0 Å². The highest BCUT2D eigenvalue weighted by Gasteiger charge is 2.17. The van der Waals surface area contributed by atoms with Crippen LogP contribution in [0.25, 0.3) is 0 Å². The van der Waals surface area contributed by atoms with E-state index >= 15 is 0 Å². The van der Waals surface area contributed by atoms with Crippen LogP contribution in [0, 0.1) is 5.82 Å². The van der Waals surface area contributed by atoms with Crippen LogP contribution in [-0.4, -0.2) is 44.4 Å². The number of rotatable bonds is 6. The van der Waals surface area contributed by atoms with Crippen LogP contribution in [-0.2, 0) is 4.74 Å². The summed E-state index contributed by atoms with van der Waals surface area (Å²) in [7, 11) is 1.79. The molecule has 1 saturated heterocycles. The van der Waals surface area contributed by atoms with Gasteiger partial charge in [-0.05, 0) is 43.5 Å². The van der Waals surface area contributed by atoms with Crippen molar-refractivity contribution in [2.75, 3.05) is 33.4 Å². The molecule has 0 N–H and O–H groups in total. The van der Waals surface area contributed by atoms with Gasteiger partial charge in [-0.3, -0.25) is 0 Å². The third-order valence-corrected chi connectivity index (χ3v) is 3.57. The van der Waals surface area contributed by atoms with Gasteiger partial charge >= 0.3 is 0 Å². The second-order valence-corrected chi connectivity index (χ2v) is 4.93. The van der Waals surface area contributed by atoms with Gasteiger partial charge < -0.3 is 14.4 Å². The van der Waals surface area contributed by atoms with E-state index in [-0.39, 0.29) is 5.82 Å². The highest BCUT2D eigenvalue weighted by molar-refractivity contribution is 5.21. The zero-order valence-corrected chi connectivity index (χ0v) is 11.5. The fourth-order valence-electron chi connectivity index (χ4n) is 2.38. The molecule has 0 unspecified atom stereocenters. The van der Waals surface area contributed by atoms with Gasteiger partial charge in [0.15, 0.2) is 0 Å². The minimum Gasteiger partial charge on any atom is -0.494 e. The molecule has 0 aromatic heterocycles. The molecule has 0 spiro atoms. The third-order valence-electron chi connectivity index (χ3n) is 3.57. The standard InChI is InChI=1S/C15H22FNO2/c1-18-14-7-10-17(11-8-14)9-2-12-19-15-5-3-13(16)4-6-15/h3-6,14H,2,7-12H2,1H3. The molecule has 2 rings (SSSR count). The Kier molecular flexibility index (Phi) is 5.61. The summed E-state index contributed by atoms with van der Waals surface area (Å²) in [4.78, 5) is 2.45. The number of hydrogen-bond acceptors (Lipinski definition) is 3. The molecule has 0 aliphatic carbocycles. The summed E-state index contributed by atoms with van der Waals surface area (Å²) < 4.78 is 23.6. The van der Waals surface area contributed by atoms with Crippen molar-refractivity contribution in [1.29, 1.82) is 0 Å². The lowest BCUT2D eigenvalue weighted by atomic mass is 10.1. The smallest absolute Gasteiger partial charge is 0.123 e. The molecule has 1 aromatic rings. The van der Waals surface area contributed by atoms with E-state index in [2.05, 4.69) is 4.90 Å². The summed E-state index contributed by atoms with van der Waals surface area (Å²) in [6, 6.07) is 6.18. The van der Waals surface area contributed by atoms with E-state index in [1.165, 1.54) is 12.1 Å². The molecule has 1 aliphatic rings. The molecule has 1 fully saturated rings. The van der Waals surface area contributed by atoms with Gasteiger partial charge in [0.25, 0.3) is 0 Å². The van der Waals surface area contributed by atoms with E-state index in [0.717, 1.165) is 44.6 Å². The first-order chi connectivity index (χ1) is 9.28. The number of halogens is 1. The molecule has 4 heteroatoms. The van der Waals surface area contributed by atoms with Gasteiger partial charge in [0.1, 0.15) is 11.6 Å². The van der Waals surface area contributed by atoms with Crippen molar-refractivity contribution in [2.45, 2.75) is 25.4 Å². The van der Waals surface area contributed by atoms with Gasteiger partial charge in [0.2, 0.25) is 0 Å². The minimum absolute atomic E-state index is 0.228. The Hall–Kier alpha value is -1.13. The molecular formula is C15H22FNO2. The fraction of sp³-hybridized carbons (Fsp3) is 0.600. The Morgan fingerprint density at radius 3 is 2.53 bits per heavy atom. The van der Waals surface area contributed by atoms with Crippen molar-refractivity contribution in [1.82, 2.24) is 4.90 Å². The van der Waals surface area contributed by atoms with E-state index < -0.39 is 0 Å². The first-order valence-corrected chi connectivity index (χ1v) is 6.91. The molecule has 1 aromatic carbocycles. The van der Waals surface area contributed by atoms with Crippen LogP contribution >= 0.6 is 0 Å². The topological polar surface area (TPSA) is 21.7 Å². The van der Waals surface area contributed by atoms with E-state index in [4.69, 9.17) is 9.47 Å². The van der Waals surface area contributed by atoms with Crippen molar-refractivity contribution < 1.29 is 13.9 Å². The molecule has 106 valence electrons. The number of ether oxygens (including phenoxy) is 2. The number of methoxy groups -OCH3 is 1. The maximum Gasteiger partial charge on any atom is 0.123 e. The Labute approximate surface area is 114 Å². The zero-order chi connectivity index (χ0) is 13.5. The van der Waals surface area contributed by atoms with Crippen LogP contribution in [0.4, 0.5) is 4.39 Å². The zero-order valence-electron chi connectivity index (χ0n) is 11.5. The molecule has 0 amide bonds. The average molecular weight is 267 g/mol. The fourth-order valence-corrected chi connectivity index (χ4v) is 2.38. The van der Waals surface area contributed by atoms with Gasteiger partial charge in [-0.15, -0.1) is 0 Å². The Morgan fingerprint density at radius 2 is 1.89 bits per heavy atom. The lowest BCUT2D eigenvalue weighted by Gasteiger charge is -2.31. The maximum atomic E-state index is 12.7. The third kappa shape index (κ3) is 4.80. The monoisotopic (exact) mass is 267 g/mol. The average Bonchev–Trinajstić information content (AvgIpc) is 2.46. The molecule has 0 saturated carbocycles. The largest absolute Gasteiger partial charge is 0.494 e. The van der Waals surface area contributed by atoms with Crippen molar-refractivity contribution in [3.05, 3.63) is 30.1 Å². The second kappa shape index (κ2) is 7.46. The number of hydrogen-bond donors (Lipinski definition) is 0. The Bertz CT molecular complexity index is 361. The summed E-state index contributed by atoms with van der Waals surface area (Å²) in [5.74, 6) is 0.507. The van der Waals surface area contributed by atoms with Crippen LogP contribution in [0.1, 0.15) is 19.3 Å². The van der Waals surface area contributed by atoms with Crippen LogP contribution in [0.15, 0.2) is 24.3 Å². The van der Waals surface area contributed by atoms with Gasteiger partial charge in [0.05, 0.1) is 12.7 Å². The van der Waals surface area contributed by atoms with Crippen molar-refractivity contribution in [2.24, 2.45) is 0 Å². The van der Waals surface area contributed by atoms with Crippen LogP contribution in [0.5, 0.6) is 5.75 Å². The molecule has 19 heavy (non-hydrogen) atoms. The van der Waals surface area contributed by atoms with Gasteiger partial charge in [-0.2, -0.15) is 0 Å². The summed E-state index contributed by atoms with van der Waals surface area (Å²) in [6.45, 7) is 3.94. The van der Waals surface area contributed by atoms with E-state index in [1.54, 1.807) is 19.2 Å². The number of piperidine rings is 1. The molecular weight excluding hydrogens is 245 g/mol. The maximum absolute atomic E-state index is 12.7. The van der Waals surface area contributed by atoms with Gasteiger partial charge in [-0.1, -0.05) is 0 Å². The summed E-state index contributed by atoms with van der Waals surface area (Å²) in [5.41, 5.74) is 0. The first kappa shape index (κ1) is 14.3. The molecule has 0 bridgehead atoms. The molecule has 1 aliphatic heterocycles. The summed E-state index contributed by atoms with van der Waals surface area (Å²) in [5, 5.41) is 0. The SMILES string of the molecule is COC1CCN(CCCOc2ccc(F)cc2)CC1. The van der Waals surface area contributed by atoms with Gasteiger partial charge in [-0.25, -0.2) is 4.39 Å². The minimum atomic E-state index is -0.228. The van der Waals surface area contributed by atoms with Crippen molar-refractivity contribution >= 4 is 0 Å². The highest BCUT2D eigenvalue weighted by atomic mass is 19.1. The Morgan fingerprint density at radius 1 is 1.21 bits per heavy atom. The van der Waals surface area contributed by atoms with Crippen molar-refractivity contribution in [3.63, 3.8) is 0 Å². The second-order valence-electron chi connectivity index (χ2n) is 4.93. The first-order valence-electron chi connectivity index (χ1n) is 6.91. The van der Waals surface area contributed by atoms with E-state index in [9.17, 15) is 4.39 Å². The normalized spacial score (nSPS) is 17.6. The summed E-state index contributed by atoms with van der Waals surface area (Å²) >= 11 is 0. The summed E-state index contributed by atoms with van der Waals surface area (Å²) in [6.07, 6.45) is 3.67. The molecule has 0 atom stereocenters. The number of likely N-dealkylation sites (tertiary alicyclic amines) is 1. The lowest BCUT2D eigenvalue weighted by molar-refractivity contribution is 0.0398. The predicted molar refractivity (Wildman–Crippen MR) is 73.0 cm³/mol. The number of nitrogens with zero attached hydrogens (tertiary/aromatic N) is 1. The van der Waals surface area contributed by atoms with E-state index in [1.807, 2.05) is 0 Å². The van der Waals surface area contributed by atoms with Crippen LogP contribution < -0.4 is 4.74 Å². The molecule has 1 heterocycles. The van der Waals surface area contributed by atoms with Crippen molar-refractivity contribution in [3.8, 4) is 5.75 Å². The van der Waals surface area contributed by atoms with E-state index in [0.29, 0.717) is 12.7 Å².